The Hall–Kier alpha value is -0.910. The molecule has 1 aromatic heterocycles. The van der Waals surface area contributed by atoms with Gasteiger partial charge in [-0.3, -0.25) is 4.90 Å². The van der Waals surface area contributed by atoms with Gasteiger partial charge in [0.05, 0.1) is 6.33 Å². The van der Waals surface area contributed by atoms with Gasteiger partial charge in [-0.05, 0) is 13.0 Å². The molecule has 5 nitrogen and oxygen atoms in total. The van der Waals surface area contributed by atoms with E-state index in [1.165, 1.54) is 39.1 Å². The first-order chi connectivity index (χ1) is 8.38. The lowest BCUT2D eigenvalue weighted by molar-refractivity contribution is 0.133. The molecule has 0 amide bonds. The topological polar surface area (TPSA) is 50.3 Å². The van der Waals surface area contributed by atoms with Gasteiger partial charge >= 0.3 is 0 Å². The van der Waals surface area contributed by atoms with E-state index in [0.29, 0.717) is 0 Å². The number of nitrogens with zero attached hydrogens (tertiary/aromatic N) is 4. The van der Waals surface area contributed by atoms with Crippen LogP contribution in [0.25, 0.3) is 0 Å². The van der Waals surface area contributed by atoms with Crippen LogP contribution in [-0.2, 0) is 6.54 Å². The first-order valence-electron chi connectivity index (χ1n) is 6.49. The smallest absolute Gasteiger partial charge is 0.0945 e. The van der Waals surface area contributed by atoms with E-state index in [-0.39, 0.29) is 0 Å². The highest BCUT2D eigenvalue weighted by Gasteiger charge is 2.15. The quantitative estimate of drug-likeness (QED) is 0.747. The van der Waals surface area contributed by atoms with Crippen molar-refractivity contribution >= 4 is 0 Å². The zero-order valence-electron chi connectivity index (χ0n) is 10.5. The van der Waals surface area contributed by atoms with Crippen molar-refractivity contribution in [3.05, 3.63) is 18.7 Å². The Bertz CT molecular complexity index is 290. The molecule has 1 aliphatic heterocycles. The zero-order chi connectivity index (χ0) is 11.9. The van der Waals surface area contributed by atoms with Gasteiger partial charge in [0.15, 0.2) is 0 Å². The molecule has 0 aliphatic carbocycles. The average molecular weight is 237 g/mol. The maximum Gasteiger partial charge on any atom is 0.0945 e. The fourth-order valence-electron chi connectivity index (χ4n) is 2.31. The Morgan fingerprint density at radius 1 is 1.00 bits per heavy atom. The minimum atomic E-state index is 0.778. The van der Waals surface area contributed by atoms with Crippen LogP contribution in [0, 0.1) is 0 Å². The van der Waals surface area contributed by atoms with Crippen molar-refractivity contribution in [2.45, 2.75) is 13.0 Å². The van der Waals surface area contributed by atoms with Crippen molar-refractivity contribution in [2.75, 3.05) is 45.8 Å². The van der Waals surface area contributed by atoms with Crippen LogP contribution in [0.2, 0.25) is 0 Å². The van der Waals surface area contributed by atoms with E-state index < -0.39 is 0 Å². The number of hydrogen-bond donors (Lipinski definition) is 1. The van der Waals surface area contributed by atoms with E-state index in [1.54, 1.807) is 0 Å². The van der Waals surface area contributed by atoms with Crippen LogP contribution < -0.4 is 5.73 Å². The molecule has 1 aromatic rings. The third kappa shape index (κ3) is 4.11. The second-order valence-corrected chi connectivity index (χ2v) is 4.63. The number of hydrogen-bond acceptors (Lipinski definition) is 4. The maximum absolute atomic E-state index is 5.56. The molecule has 0 spiro atoms. The SMILES string of the molecule is NCCN1CCN(CCCn2ccnc2)CC1. The van der Waals surface area contributed by atoms with Gasteiger partial charge in [0, 0.05) is 58.2 Å². The first kappa shape index (κ1) is 12.5. The van der Waals surface area contributed by atoms with Gasteiger partial charge in [0.25, 0.3) is 0 Å². The molecule has 0 bridgehead atoms. The summed E-state index contributed by atoms with van der Waals surface area (Å²) in [6.07, 6.45) is 6.96. The number of aryl methyl sites for hydroxylation is 1. The van der Waals surface area contributed by atoms with E-state index in [1.807, 2.05) is 18.7 Å². The molecule has 1 saturated heterocycles. The largest absolute Gasteiger partial charge is 0.337 e. The summed E-state index contributed by atoms with van der Waals surface area (Å²) in [5.74, 6) is 0. The molecule has 2 N–H and O–H groups in total. The summed E-state index contributed by atoms with van der Waals surface area (Å²) in [6, 6.07) is 0. The number of aromatic nitrogens is 2. The summed E-state index contributed by atoms with van der Waals surface area (Å²) >= 11 is 0. The van der Waals surface area contributed by atoms with Crippen molar-refractivity contribution < 1.29 is 0 Å². The van der Waals surface area contributed by atoms with Crippen molar-refractivity contribution in [1.82, 2.24) is 19.4 Å². The Morgan fingerprint density at radius 3 is 2.29 bits per heavy atom. The molecule has 0 unspecified atom stereocenters. The third-order valence-electron chi connectivity index (χ3n) is 3.36. The summed E-state index contributed by atoms with van der Waals surface area (Å²) in [7, 11) is 0. The van der Waals surface area contributed by atoms with E-state index in [2.05, 4.69) is 19.4 Å². The second kappa shape index (κ2) is 6.74. The fourth-order valence-corrected chi connectivity index (χ4v) is 2.31. The van der Waals surface area contributed by atoms with E-state index in [4.69, 9.17) is 5.73 Å². The molecule has 1 fully saturated rings. The summed E-state index contributed by atoms with van der Waals surface area (Å²) in [6.45, 7) is 8.79. The molecular formula is C12H23N5. The van der Waals surface area contributed by atoms with Crippen molar-refractivity contribution in [3.8, 4) is 0 Å². The minimum absolute atomic E-state index is 0.778. The van der Waals surface area contributed by atoms with Crippen molar-refractivity contribution in [1.29, 1.82) is 0 Å². The fraction of sp³-hybridized carbons (Fsp3) is 0.750. The molecule has 0 saturated carbocycles. The molecule has 0 aromatic carbocycles. The van der Waals surface area contributed by atoms with E-state index >= 15 is 0 Å². The van der Waals surface area contributed by atoms with Gasteiger partial charge in [-0.2, -0.15) is 0 Å². The lowest BCUT2D eigenvalue weighted by Crippen LogP contribution is -2.47. The highest BCUT2D eigenvalue weighted by atomic mass is 15.3. The molecule has 0 atom stereocenters. The summed E-state index contributed by atoms with van der Waals surface area (Å²) in [5.41, 5.74) is 5.56. The molecule has 2 rings (SSSR count). The molecule has 5 heteroatoms. The van der Waals surface area contributed by atoms with Gasteiger partial charge in [0.2, 0.25) is 0 Å². The monoisotopic (exact) mass is 237 g/mol. The van der Waals surface area contributed by atoms with E-state index in [0.717, 1.165) is 19.6 Å². The highest BCUT2D eigenvalue weighted by Crippen LogP contribution is 2.02. The predicted molar refractivity (Wildman–Crippen MR) is 68.8 cm³/mol. The Balaban J connectivity index is 1.58. The van der Waals surface area contributed by atoms with Crippen LogP contribution in [0.4, 0.5) is 0 Å². The minimum Gasteiger partial charge on any atom is -0.337 e. The van der Waals surface area contributed by atoms with Crippen molar-refractivity contribution in [3.63, 3.8) is 0 Å². The standard InChI is InChI=1S/C12H23N5/c13-2-6-16-10-8-15(9-11-16)4-1-5-17-7-3-14-12-17/h3,7,12H,1-2,4-6,8-11,13H2. The molecule has 17 heavy (non-hydrogen) atoms. The summed E-state index contributed by atoms with van der Waals surface area (Å²) in [4.78, 5) is 9.05. The molecule has 1 aliphatic rings. The third-order valence-corrected chi connectivity index (χ3v) is 3.36. The summed E-state index contributed by atoms with van der Waals surface area (Å²) in [5, 5.41) is 0. The number of imidazole rings is 1. The normalized spacial score (nSPS) is 18.6. The van der Waals surface area contributed by atoms with Gasteiger partial charge < -0.3 is 15.2 Å². The van der Waals surface area contributed by atoms with Gasteiger partial charge in [0.1, 0.15) is 0 Å². The Kier molecular flexibility index (Phi) is 4.97. The number of piperazine rings is 1. The van der Waals surface area contributed by atoms with Crippen LogP contribution in [0.15, 0.2) is 18.7 Å². The number of rotatable bonds is 6. The lowest BCUT2D eigenvalue weighted by Gasteiger charge is -2.34. The highest BCUT2D eigenvalue weighted by molar-refractivity contribution is 4.75. The molecule has 96 valence electrons. The first-order valence-corrected chi connectivity index (χ1v) is 6.49. The predicted octanol–water partition coefficient (Wildman–Crippen LogP) is -0.150. The van der Waals surface area contributed by atoms with Crippen LogP contribution in [-0.4, -0.2) is 65.2 Å². The average Bonchev–Trinajstić information content (AvgIpc) is 2.85. The van der Waals surface area contributed by atoms with Gasteiger partial charge in [-0.15, -0.1) is 0 Å². The maximum atomic E-state index is 5.56. The molecule has 2 heterocycles. The van der Waals surface area contributed by atoms with E-state index in [9.17, 15) is 0 Å². The Morgan fingerprint density at radius 2 is 1.71 bits per heavy atom. The van der Waals surface area contributed by atoms with Crippen LogP contribution in [0.5, 0.6) is 0 Å². The summed E-state index contributed by atoms with van der Waals surface area (Å²) < 4.78 is 2.14. The lowest BCUT2D eigenvalue weighted by atomic mass is 10.3. The Labute approximate surface area is 103 Å². The van der Waals surface area contributed by atoms with Gasteiger partial charge in [-0.1, -0.05) is 0 Å². The van der Waals surface area contributed by atoms with Crippen molar-refractivity contribution in [2.24, 2.45) is 5.73 Å². The molecular weight excluding hydrogens is 214 g/mol. The second-order valence-electron chi connectivity index (χ2n) is 4.63. The van der Waals surface area contributed by atoms with Crippen LogP contribution >= 0.6 is 0 Å². The van der Waals surface area contributed by atoms with Gasteiger partial charge in [-0.25, -0.2) is 4.98 Å². The molecule has 0 radical (unpaired) electrons. The number of nitrogens with two attached hydrogens (primary N) is 1. The van der Waals surface area contributed by atoms with Crippen LogP contribution in [0.1, 0.15) is 6.42 Å². The van der Waals surface area contributed by atoms with Crippen LogP contribution in [0.3, 0.4) is 0 Å². The zero-order valence-corrected chi connectivity index (χ0v) is 10.5.